The molecule has 0 saturated carbocycles. The van der Waals surface area contributed by atoms with E-state index in [1.54, 1.807) is 31.3 Å². The Kier molecular flexibility index (Phi) is 8.44. The van der Waals surface area contributed by atoms with Crippen molar-refractivity contribution in [1.29, 1.82) is 0 Å². The summed E-state index contributed by atoms with van der Waals surface area (Å²) in [4.78, 5) is 31.4. The van der Waals surface area contributed by atoms with Crippen LogP contribution in [-0.4, -0.2) is 89.4 Å². The maximum atomic E-state index is 13.6. The first-order valence-corrected chi connectivity index (χ1v) is 12.0. The summed E-state index contributed by atoms with van der Waals surface area (Å²) in [5, 5.41) is 14.8. The smallest absolute Gasteiger partial charge is 0.230 e. The van der Waals surface area contributed by atoms with Crippen LogP contribution in [0.2, 0.25) is 0 Å². The summed E-state index contributed by atoms with van der Waals surface area (Å²) in [7, 11) is 3.97. The lowest BCUT2D eigenvalue weighted by Crippen LogP contribution is -2.49. The van der Waals surface area contributed by atoms with Gasteiger partial charge in [-0.05, 0) is 51.4 Å². The third-order valence-electron chi connectivity index (χ3n) is 5.87. The van der Waals surface area contributed by atoms with Gasteiger partial charge in [-0.25, -0.2) is 19.3 Å². The lowest BCUT2D eigenvalue weighted by atomic mass is 9.91. The SMILES string of the molecule is CN(C)CCNc1nccc(-c2[nH]c(C3OCC(C)(C(=O)NCCO)CO3)nc2-c2ccc(F)cc2)n1. The standard InChI is InChI=1S/C25H32FN7O4/c1-25(23(35)27-11-13-34)14-36-22(37-15-25)21-31-19(16-4-6-17(26)7-5-16)20(32-21)18-8-9-28-24(30-18)29-10-12-33(2)3/h4-9,22,34H,10-15H2,1-3H3,(H,27,35)(H,31,32)(H,28,29,30). The Hall–Kier alpha value is -3.45. The number of hydrogen-bond donors (Lipinski definition) is 4. The van der Waals surface area contributed by atoms with Crippen molar-refractivity contribution in [3.63, 3.8) is 0 Å². The summed E-state index contributed by atoms with van der Waals surface area (Å²) in [6.07, 6.45) is 0.811. The molecule has 0 spiro atoms. The molecule has 1 saturated heterocycles. The monoisotopic (exact) mass is 513 g/mol. The minimum atomic E-state index is -0.902. The van der Waals surface area contributed by atoms with Gasteiger partial charge in [-0.15, -0.1) is 0 Å². The maximum Gasteiger partial charge on any atom is 0.230 e. The van der Waals surface area contributed by atoms with Gasteiger partial charge in [-0.3, -0.25) is 4.79 Å². The van der Waals surface area contributed by atoms with E-state index in [0.29, 0.717) is 41.0 Å². The normalized spacial score (nSPS) is 19.7. The van der Waals surface area contributed by atoms with Crippen molar-refractivity contribution in [1.82, 2.24) is 30.2 Å². The van der Waals surface area contributed by atoms with Crippen LogP contribution in [0.4, 0.5) is 10.3 Å². The van der Waals surface area contributed by atoms with E-state index in [-0.39, 0.29) is 38.1 Å². The Morgan fingerprint density at radius 1 is 1.19 bits per heavy atom. The Bertz CT molecular complexity index is 1190. The zero-order valence-corrected chi connectivity index (χ0v) is 21.1. The molecule has 37 heavy (non-hydrogen) atoms. The van der Waals surface area contributed by atoms with Crippen molar-refractivity contribution in [2.24, 2.45) is 5.41 Å². The molecular formula is C25H32FN7O4. The van der Waals surface area contributed by atoms with E-state index in [9.17, 15) is 9.18 Å². The van der Waals surface area contributed by atoms with E-state index in [0.717, 1.165) is 6.54 Å². The van der Waals surface area contributed by atoms with Crippen molar-refractivity contribution >= 4 is 11.9 Å². The number of anilines is 1. The summed E-state index contributed by atoms with van der Waals surface area (Å²) in [6.45, 7) is 3.43. The number of imidazole rings is 1. The third-order valence-corrected chi connectivity index (χ3v) is 5.87. The van der Waals surface area contributed by atoms with Crippen LogP contribution in [0.15, 0.2) is 36.5 Å². The average Bonchev–Trinajstić information content (AvgIpc) is 3.33. The van der Waals surface area contributed by atoms with Crippen molar-refractivity contribution in [2.45, 2.75) is 13.2 Å². The van der Waals surface area contributed by atoms with E-state index in [4.69, 9.17) is 19.6 Å². The molecule has 4 N–H and O–H groups in total. The van der Waals surface area contributed by atoms with Crippen molar-refractivity contribution in [2.75, 3.05) is 58.9 Å². The lowest BCUT2D eigenvalue weighted by molar-refractivity contribution is -0.231. The molecule has 12 heteroatoms. The predicted molar refractivity (Wildman–Crippen MR) is 135 cm³/mol. The summed E-state index contributed by atoms with van der Waals surface area (Å²) < 4.78 is 25.4. The maximum absolute atomic E-state index is 13.6. The van der Waals surface area contributed by atoms with Gasteiger partial charge in [0.25, 0.3) is 0 Å². The van der Waals surface area contributed by atoms with Gasteiger partial charge in [0.15, 0.2) is 5.82 Å². The second-order valence-electron chi connectivity index (χ2n) is 9.34. The Balaban J connectivity index is 1.60. The highest BCUT2D eigenvalue weighted by molar-refractivity contribution is 5.82. The number of hydrogen-bond acceptors (Lipinski definition) is 9. The number of aromatic nitrogens is 4. The predicted octanol–water partition coefficient (Wildman–Crippen LogP) is 1.81. The van der Waals surface area contributed by atoms with Crippen molar-refractivity contribution < 1.29 is 23.8 Å². The van der Waals surface area contributed by atoms with E-state index in [1.165, 1.54) is 12.1 Å². The molecule has 3 aromatic rings. The van der Waals surface area contributed by atoms with Crippen LogP contribution in [0.25, 0.3) is 22.6 Å². The number of H-pyrrole nitrogens is 1. The Morgan fingerprint density at radius 2 is 1.92 bits per heavy atom. The van der Waals surface area contributed by atoms with E-state index in [1.807, 2.05) is 14.1 Å². The minimum absolute atomic E-state index is 0.101. The highest BCUT2D eigenvalue weighted by Gasteiger charge is 2.40. The molecule has 11 nitrogen and oxygen atoms in total. The fraction of sp³-hybridized carbons (Fsp3) is 0.440. The minimum Gasteiger partial charge on any atom is -0.395 e. The molecule has 198 valence electrons. The lowest BCUT2D eigenvalue weighted by Gasteiger charge is -2.35. The number of ether oxygens (including phenoxy) is 2. The number of nitrogens with zero attached hydrogens (tertiary/aromatic N) is 4. The van der Waals surface area contributed by atoms with Crippen LogP contribution in [0.1, 0.15) is 19.0 Å². The van der Waals surface area contributed by atoms with E-state index < -0.39 is 11.7 Å². The fourth-order valence-corrected chi connectivity index (χ4v) is 3.76. The second-order valence-corrected chi connectivity index (χ2v) is 9.34. The molecule has 1 amide bonds. The number of rotatable bonds is 10. The van der Waals surface area contributed by atoms with E-state index in [2.05, 4.69) is 30.5 Å². The molecule has 4 rings (SSSR count). The summed E-state index contributed by atoms with van der Waals surface area (Å²) >= 11 is 0. The van der Waals surface area contributed by atoms with Crippen LogP contribution in [0.3, 0.4) is 0 Å². The second kappa shape index (κ2) is 11.7. The number of carbonyl (C=O) groups excluding carboxylic acids is 1. The molecule has 3 heterocycles. The van der Waals surface area contributed by atoms with Gasteiger partial charge in [-0.2, -0.15) is 0 Å². The van der Waals surface area contributed by atoms with Gasteiger partial charge in [0.2, 0.25) is 18.1 Å². The molecule has 1 aliphatic rings. The number of likely N-dealkylation sites (N-methyl/N-ethyl adjacent to an activating group) is 1. The molecule has 0 atom stereocenters. The van der Waals surface area contributed by atoms with Crippen LogP contribution >= 0.6 is 0 Å². The van der Waals surface area contributed by atoms with Crippen LogP contribution in [0, 0.1) is 11.2 Å². The Morgan fingerprint density at radius 3 is 2.59 bits per heavy atom. The first kappa shape index (κ1) is 26.6. The number of nitrogens with one attached hydrogen (secondary N) is 3. The largest absolute Gasteiger partial charge is 0.395 e. The summed E-state index contributed by atoms with van der Waals surface area (Å²) in [5.41, 5.74) is 1.52. The first-order chi connectivity index (χ1) is 17.8. The number of aromatic amines is 1. The third kappa shape index (κ3) is 6.46. The first-order valence-electron chi connectivity index (χ1n) is 12.0. The number of amides is 1. The van der Waals surface area contributed by atoms with Crippen LogP contribution in [-0.2, 0) is 14.3 Å². The quantitative estimate of drug-likeness (QED) is 0.320. The molecule has 0 aliphatic carbocycles. The zero-order valence-electron chi connectivity index (χ0n) is 21.1. The van der Waals surface area contributed by atoms with Crippen molar-refractivity contribution in [3.8, 4) is 22.6 Å². The molecule has 0 bridgehead atoms. The molecule has 1 fully saturated rings. The van der Waals surface area contributed by atoms with Gasteiger partial charge in [0.1, 0.15) is 5.82 Å². The number of aliphatic hydroxyl groups excluding tert-OH is 1. The zero-order chi connectivity index (χ0) is 26.4. The number of benzene rings is 1. The van der Waals surface area contributed by atoms with Gasteiger partial charge in [0.05, 0.1) is 42.3 Å². The number of aliphatic hydroxyl groups is 1. The van der Waals surface area contributed by atoms with Gasteiger partial charge >= 0.3 is 0 Å². The molecule has 1 aliphatic heterocycles. The highest BCUT2D eigenvalue weighted by Crippen LogP contribution is 2.35. The molecule has 0 unspecified atom stereocenters. The number of carbonyl (C=O) groups is 1. The average molecular weight is 514 g/mol. The van der Waals surface area contributed by atoms with Gasteiger partial charge < -0.3 is 35.1 Å². The summed E-state index contributed by atoms with van der Waals surface area (Å²) in [5.74, 6) is 0.249. The van der Waals surface area contributed by atoms with Crippen LogP contribution in [0.5, 0.6) is 0 Å². The molecule has 2 aromatic heterocycles. The topological polar surface area (TPSA) is 138 Å². The molecule has 1 aromatic carbocycles. The summed E-state index contributed by atoms with van der Waals surface area (Å²) in [6, 6.07) is 7.77. The van der Waals surface area contributed by atoms with Gasteiger partial charge in [-0.1, -0.05) is 0 Å². The number of halogens is 1. The van der Waals surface area contributed by atoms with Crippen molar-refractivity contribution in [3.05, 3.63) is 48.2 Å². The Labute approximate surface area is 214 Å². The van der Waals surface area contributed by atoms with Crippen LogP contribution < -0.4 is 10.6 Å². The fourth-order valence-electron chi connectivity index (χ4n) is 3.76. The molecular weight excluding hydrogens is 481 g/mol. The molecule has 0 radical (unpaired) electrons. The highest BCUT2D eigenvalue weighted by atomic mass is 19.1. The van der Waals surface area contributed by atoms with Gasteiger partial charge in [0, 0.05) is 31.4 Å². The van der Waals surface area contributed by atoms with E-state index >= 15 is 0 Å².